The highest BCUT2D eigenvalue weighted by atomic mass is 31.1. The number of carbonyl (C=O) groups excluding carboxylic acids is 6. The Hall–Kier alpha value is -5.22. The molecular formula is C36H45N6O12P. The van der Waals surface area contributed by atoms with E-state index in [0.29, 0.717) is 37.5 Å². The summed E-state index contributed by atoms with van der Waals surface area (Å²) in [7, 11) is -0.838. The van der Waals surface area contributed by atoms with E-state index in [0.717, 1.165) is 20.3 Å². The molecule has 296 valence electrons. The van der Waals surface area contributed by atoms with E-state index in [1.54, 1.807) is 31.2 Å². The molecule has 55 heavy (non-hydrogen) atoms. The lowest BCUT2D eigenvalue weighted by Gasteiger charge is -2.36. The quantitative estimate of drug-likeness (QED) is 0.0852. The minimum absolute atomic E-state index is 0.0355. The van der Waals surface area contributed by atoms with Gasteiger partial charge in [0, 0.05) is 64.7 Å². The number of esters is 3. The minimum atomic E-state index is -2.00. The van der Waals surface area contributed by atoms with Crippen LogP contribution in [0.15, 0.2) is 36.4 Å². The SMILES string of the molecule is CCCCOC(=O)N1CCN(C(=O)[C@@H](NC(=O)c2cc(N3CC4C(C3)C4C(=O)OCC)nc(-c3ccccc3)n2)C(OC(OC(C)=O)OC(C)=O)P=O)CC1. The molecular weight excluding hydrogens is 739 g/mol. The van der Waals surface area contributed by atoms with Crippen LogP contribution in [0.4, 0.5) is 10.6 Å². The molecule has 1 N–H and O–H groups in total. The first-order chi connectivity index (χ1) is 26.4. The average molecular weight is 785 g/mol. The molecule has 1 aliphatic carbocycles. The number of nitrogens with zero attached hydrogens (tertiary/aromatic N) is 5. The molecule has 1 aromatic heterocycles. The smallest absolute Gasteiger partial charge is 0.409 e. The number of hydrogen-bond acceptors (Lipinski definition) is 15. The summed E-state index contributed by atoms with van der Waals surface area (Å²) >= 11 is 0. The highest BCUT2D eigenvalue weighted by Gasteiger charge is 2.60. The van der Waals surface area contributed by atoms with Crippen LogP contribution in [0.25, 0.3) is 11.4 Å². The Balaban J connectivity index is 1.41. The van der Waals surface area contributed by atoms with Gasteiger partial charge in [0.15, 0.2) is 20.1 Å². The number of aromatic nitrogens is 2. The topological polar surface area (TPSA) is 213 Å². The van der Waals surface area contributed by atoms with Crippen LogP contribution in [0.2, 0.25) is 0 Å². The maximum absolute atomic E-state index is 14.2. The minimum Gasteiger partial charge on any atom is -0.466 e. The molecule has 3 heterocycles. The van der Waals surface area contributed by atoms with Crippen LogP contribution in [0.5, 0.6) is 0 Å². The molecule has 2 aromatic rings. The lowest BCUT2D eigenvalue weighted by Crippen LogP contribution is -2.59. The molecule has 1 saturated carbocycles. The van der Waals surface area contributed by atoms with E-state index in [1.165, 1.54) is 15.9 Å². The number of rotatable bonds is 16. The predicted molar refractivity (Wildman–Crippen MR) is 192 cm³/mol. The van der Waals surface area contributed by atoms with Crippen LogP contribution < -0.4 is 10.2 Å². The maximum Gasteiger partial charge on any atom is 0.409 e. The number of nitrogens with one attached hydrogen (secondary N) is 1. The lowest BCUT2D eigenvalue weighted by molar-refractivity contribution is -0.270. The fraction of sp³-hybridized carbons (Fsp3) is 0.556. The molecule has 0 radical (unpaired) electrons. The Morgan fingerprint density at radius 2 is 1.53 bits per heavy atom. The number of carbonyl (C=O) groups is 6. The van der Waals surface area contributed by atoms with Crippen LogP contribution in [0, 0.1) is 17.8 Å². The van der Waals surface area contributed by atoms with Crippen LogP contribution in [-0.4, -0.2) is 126 Å². The molecule has 19 heteroatoms. The van der Waals surface area contributed by atoms with Crippen molar-refractivity contribution in [2.75, 3.05) is 57.4 Å². The van der Waals surface area contributed by atoms with E-state index < -0.39 is 56.7 Å². The molecule has 2 saturated heterocycles. The molecule has 1 aromatic carbocycles. The molecule has 18 nitrogen and oxygen atoms in total. The van der Waals surface area contributed by atoms with Gasteiger partial charge in [0.1, 0.15) is 17.6 Å². The summed E-state index contributed by atoms with van der Waals surface area (Å²) in [5, 5.41) is 2.59. The van der Waals surface area contributed by atoms with Crippen LogP contribution in [0.1, 0.15) is 51.0 Å². The summed E-state index contributed by atoms with van der Waals surface area (Å²) in [5.41, 5.74) is 0.470. The number of ether oxygens (including phenoxy) is 5. The van der Waals surface area contributed by atoms with Gasteiger partial charge in [0.25, 0.3) is 5.91 Å². The second-order valence-corrected chi connectivity index (χ2v) is 13.9. The van der Waals surface area contributed by atoms with Crippen LogP contribution >= 0.6 is 8.46 Å². The summed E-state index contributed by atoms with van der Waals surface area (Å²) < 4.78 is 38.6. The van der Waals surface area contributed by atoms with Crippen molar-refractivity contribution < 1.29 is 57.0 Å². The zero-order valence-electron chi connectivity index (χ0n) is 31.1. The number of amides is 3. The van der Waals surface area contributed by atoms with Crippen molar-refractivity contribution in [3.05, 3.63) is 42.1 Å². The summed E-state index contributed by atoms with van der Waals surface area (Å²) in [5.74, 6) is -4.80. The molecule has 5 rings (SSSR count). The predicted octanol–water partition coefficient (Wildman–Crippen LogP) is 2.61. The van der Waals surface area contributed by atoms with Gasteiger partial charge in [-0.2, -0.15) is 0 Å². The number of anilines is 1. The van der Waals surface area contributed by atoms with Gasteiger partial charge in [-0.15, -0.1) is 0 Å². The molecule has 3 aliphatic rings. The molecule has 3 unspecified atom stereocenters. The second-order valence-electron chi connectivity index (χ2n) is 13.2. The van der Waals surface area contributed by atoms with Crippen LogP contribution in [-0.2, 0) is 47.4 Å². The first-order valence-electron chi connectivity index (χ1n) is 18.1. The van der Waals surface area contributed by atoms with Gasteiger partial charge >= 0.3 is 30.5 Å². The third kappa shape index (κ3) is 10.5. The summed E-state index contributed by atoms with van der Waals surface area (Å²) in [6, 6.07) is 8.70. The monoisotopic (exact) mass is 784 g/mol. The van der Waals surface area contributed by atoms with Gasteiger partial charge in [0.05, 0.1) is 19.1 Å². The van der Waals surface area contributed by atoms with Crippen molar-refractivity contribution >= 4 is 50.1 Å². The molecule has 0 spiro atoms. The highest BCUT2D eigenvalue weighted by molar-refractivity contribution is 7.24. The first kappa shape index (κ1) is 41.0. The average Bonchev–Trinajstić information content (AvgIpc) is 3.68. The van der Waals surface area contributed by atoms with Crippen molar-refractivity contribution in [2.24, 2.45) is 17.8 Å². The molecule has 3 fully saturated rings. The fourth-order valence-electron chi connectivity index (χ4n) is 6.53. The normalized spacial score (nSPS) is 19.9. The van der Waals surface area contributed by atoms with Gasteiger partial charge in [-0.3, -0.25) is 33.3 Å². The van der Waals surface area contributed by atoms with E-state index in [9.17, 15) is 33.3 Å². The summed E-state index contributed by atoms with van der Waals surface area (Å²) in [4.78, 5) is 90.9. The van der Waals surface area contributed by atoms with E-state index in [-0.39, 0.29) is 68.0 Å². The molecule has 0 bridgehead atoms. The third-order valence-electron chi connectivity index (χ3n) is 9.34. The standard InChI is InChI=1S/C36H45N6O12P/c1-5-7-17-51-35(48)41-15-13-40(14-16-41)32(46)29(34(55-49)54-36(52-21(3)43)53-22(4)44)39-31(45)26-18-27(38-30(37-26)23-11-9-8-10-12-23)42-19-24-25(20-42)28(24)33(47)50-6-2/h8-12,18,24-25,28-29,34,36H,5-7,13-17,19-20H2,1-4H3,(H,39,45)/t24?,25?,28?,29-,34?/m1/s1. The Kier molecular flexibility index (Phi) is 14.1. The van der Waals surface area contributed by atoms with E-state index in [2.05, 4.69) is 10.3 Å². The van der Waals surface area contributed by atoms with E-state index in [1.807, 2.05) is 17.9 Å². The number of unbranched alkanes of at least 4 members (excludes halogenated alkanes) is 1. The first-order valence-corrected chi connectivity index (χ1v) is 19.0. The number of hydrogen-bond donors (Lipinski definition) is 1. The summed E-state index contributed by atoms with van der Waals surface area (Å²) in [6.07, 6.45) is 1.04. The van der Waals surface area contributed by atoms with Crippen molar-refractivity contribution in [3.63, 3.8) is 0 Å². The second kappa shape index (κ2) is 18.9. The van der Waals surface area contributed by atoms with E-state index >= 15 is 0 Å². The van der Waals surface area contributed by atoms with Crippen molar-refractivity contribution in [1.29, 1.82) is 0 Å². The molecule has 2 aliphatic heterocycles. The number of fused-ring (bicyclic) bond motifs is 1. The van der Waals surface area contributed by atoms with Gasteiger partial charge in [-0.25, -0.2) is 14.8 Å². The Bertz CT molecular complexity index is 1710. The lowest BCUT2D eigenvalue weighted by atomic mass is 10.2. The largest absolute Gasteiger partial charge is 0.466 e. The zero-order valence-corrected chi connectivity index (χ0v) is 32.0. The Labute approximate surface area is 319 Å². The maximum atomic E-state index is 14.2. The van der Waals surface area contributed by atoms with Gasteiger partial charge in [-0.1, -0.05) is 43.7 Å². The fourth-order valence-corrected chi connectivity index (χ4v) is 7.00. The van der Waals surface area contributed by atoms with Gasteiger partial charge in [-0.05, 0) is 25.2 Å². The van der Waals surface area contributed by atoms with Crippen molar-refractivity contribution in [1.82, 2.24) is 25.1 Å². The third-order valence-corrected chi connectivity index (χ3v) is 9.97. The van der Waals surface area contributed by atoms with Crippen LogP contribution in [0.3, 0.4) is 0 Å². The molecule has 3 amide bonds. The number of piperidine rings is 1. The van der Waals surface area contributed by atoms with Crippen molar-refractivity contribution in [3.8, 4) is 11.4 Å². The zero-order chi connectivity index (χ0) is 39.6. The number of benzene rings is 1. The highest BCUT2D eigenvalue weighted by Crippen LogP contribution is 2.53. The van der Waals surface area contributed by atoms with Crippen molar-refractivity contribution in [2.45, 2.75) is 58.9 Å². The molecule has 4 atom stereocenters. The van der Waals surface area contributed by atoms with Gasteiger partial charge in [0.2, 0.25) is 5.91 Å². The number of piperazine rings is 1. The Morgan fingerprint density at radius 3 is 2.11 bits per heavy atom. The summed E-state index contributed by atoms with van der Waals surface area (Å²) in [6.45, 7) is 5.64. The Morgan fingerprint density at radius 1 is 0.891 bits per heavy atom. The van der Waals surface area contributed by atoms with E-state index in [4.69, 9.17) is 28.7 Å². The van der Waals surface area contributed by atoms with Gasteiger partial charge < -0.3 is 39.0 Å².